The van der Waals surface area contributed by atoms with Gasteiger partial charge in [0.15, 0.2) is 0 Å². The van der Waals surface area contributed by atoms with Gasteiger partial charge in [0.2, 0.25) is 70.9 Å². The molecule has 9 rings (SSSR count). The van der Waals surface area contributed by atoms with E-state index in [0.29, 0.717) is 5.56 Å². The summed E-state index contributed by atoms with van der Waals surface area (Å²) in [6, 6.07) is 9.84. The van der Waals surface area contributed by atoms with Crippen molar-refractivity contribution in [1.29, 1.82) is 0 Å². The molecule has 0 aliphatic heterocycles. The Morgan fingerprint density at radius 2 is 0.500 bits per heavy atom. The zero-order chi connectivity index (χ0) is 97.0. The molecule has 0 unspecified atom stereocenters. The fourth-order valence-electron chi connectivity index (χ4n) is 13.7. The van der Waals surface area contributed by atoms with Crippen LogP contribution in [-0.2, 0) is 73.5 Å². The van der Waals surface area contributed by atoms with Crippen LogP contribution in [0.3, 0.4) is 0 Å². The highest BCUT2D eigenvalue weighted by atomic mass is 16.4. The Bertz CT molecular complexity index is 5710. The summed E-state index contributed by atoms with van der Waals surface area (Å²) in [5.74, 6) is -28.5. The van der Waals surface area contributed by atoms with Crippen molar-refractivity contribution in [2.75, 3.05) is 0 Å². The van der Waals surface area contributed by atoms with Crippen molar-refractivity contribution in [2.24, 2.45) is 17.6 Å². The van der Waals surface area contributed by atoms with Gasteiger partial charge in [0, 0.05) is 36.8 Å². The molecule has 0 saturated carbocycles. The van der Waals surface area contributed by atoms with Gasteiger partial charge in [-0.1, -0.05) is 94.4 Å². The second-order valence-corrected chi connectivity index (χ2v) is 31.2. The van der Waals surface area contributed by atoms with Crippen LogP contribution in [0.15, 0.2) is 194 Å². The first-order valence-corrected chi connectivity index (χ1v) is 40.2. The Hall–Kier alpha value is -17.1. The normalized spacial score (nSPS) is 14.1. The highest BCUT2D eigenvalue weighted by Crippen LogP contribution is 2.34. The highest BCUT2D eigenvalue weighted by Gasteiger charge is 2.41. The van der Waals surface area contributed by atoms with Crippen molar-refractivity contribution in [2.45, 2.75) is 126 Å². The predicted octanol–water partition coefficient (Wildman–Crippen LogP) is 2.42. The number of carboxylic acids is 2. The van der Waals surface area contributed by atoms with E-state index in [1.165, 1.54) is 64.1 Å². The number of carboxylic acid groups (broad SMARTS) is 2. The molecule has 0 aliphatic rings. The molecule has 0 radical (unpaired) electrons. The van der Waals surface area contributed by atoms with Crippen LogP contribution in [0.4, 0.5) is 0 Å². The predicted molar refractivity (Wildman–Crippen MR) is 461 cm³/mol. The molecular weight excluding hydrogens is 1730 g/mol. The lowest BCUT2D eigenvalue weighted by Crippen LogP contribution is -2.56. The quantitative estimate of drug-likeness (QED) is 0.0263. The average Bonchev–Trinajstić information content (AvgIpc) is 0.801. The van der Waals surface area contributed by atoms with E-state index in [0.717, 1.165) is 146 Å². The van der Waals surface area contributed by atoms with Crippen LogP contribution in [0.2, 0.25) is 0 Å². The Kier molecular flexibility index (Phi) is 32.8. The largest absolute Gasteiger partial charge is 0.508 e. The van der Waals surface area contributed by atoms with E-state index in [1.54, 1.807) is 18.2 Å². The number of hydrogen-bond donors (Lipinski definition) is 28. The maximum atomic E-state index is 15.4. The maximum absolute atomic E-state index is 15.4. The van der Waals surface area contributed by atoms with Crippen molar-refractivity contribution in [3.63, 3.8) is 0 Å². The number of carbonyl (C=O) groups is 14. The molecule has 0 heterocycles. The maximum Gasteiger partial charge on any atom is 0.326 e. The number of aliphatic carboxylic acids is 2. The summed E-state index contributed by atoms with van der Waals surface area (Å²) >= 11 is 0. The lowest BCUT2D eigenvalue weighted by atomic mass is 9.98. The van der Waals surface area contributed by atoms with Crippen LogP contribution in [0.25, 0.3) is 0 Å². The SMILES string of the molecule is CC(C)[C@H](NC(=O)[C@H](NC(=O)[C@@H](NC(=O)[C@H](NC(=O)[C@H](C)NC(=O)[C@H](NC(=O)[C@@H](NC(=O)[C@H](NC(=O)[C@H](N)c1ccc(O)cc1)c1cc(O)cc(O)c1)C(C)C)c1cc(O)cc(O)c1)c1cc(O)cc(O)c1)c1ccc(O)cc1)c1cc(O)cc(O)c1)C(=O)N[C@@H](C(=O)N[C@H](C(=O)N[C@@H](Cc1ccccc1)C(=O)N[C@@H](CC(=O)O)C(=O)O)c1ccc(O)cc1)c1cc(O)cc(O)c1. The molecule has 13 atom stereocenters. The number of hydrogen-bond acceptors (Lipinski definition) is 28. The Morgan fingerprint density at radius 3 is 0.795 bits per heavy atom. The summed E-state index contributed by atoms with van der Waals surface area (Å²) in [5.41, 5.74) is 4.46. The Labute approximate surface area is 749 Å². The summed E-state index contributed by atoms with van der Waals surface area (Å²) in [6.07, 6.45) is -1.48. The molecule has 9 aromatic rings. The van der Waals surface area contributed by atoms with Gasteiger partial charge in [0.1, 0.15) is 153 Å². The molecule has 0 spiro atoms. The molecular formula is C90H95N13O29. The second-order valence-electron chi connectivity index (χ2n) is 31.2. The van der Waals surface area contributed by atoms with Gasteiger partial charge in [-0.25, -0.2) is 4.79 Å². The van der Waals surface area contributed by atoms with Gasteiger partial charge in [-0.3, -0.25) is 62.3 Å². The average molecular weight is 1820 g/mol. The van der Waals surface area contributed by atoms with Crippen molar-refractivity contribution < 1.29 is 144 Å². The van der Waals surface area contributed by atoms with E-state index in [4.69, 9.17) is 5.73 Å². The molecule has 12 amide bonds. The molecule has 694 valence electrons. The molecule has 0 bridgehead atoms. The van der Waals surface area contributed by atoms with Gasteiger partial charge in [-0.2, -0.15) is 0 Å². The van der Waals surface area contributed by atoms with E-state index < -0.39 is 260 Å². The van der Waals surface area contributed by atoms with Crippen molar-refractivity contribution in [1.82, 2.24) is 63.8 Å². The zero-order valence-corrected chi connectivity index (χ0v) is 70.6. The third-order valence-corrected chi connectivity index (χ3v) is 20.3. The van der Waals surface area contributed by atoms with Crippen LogP contribution in [0.1, 0.15) is 139 Å². The summed E-state index contributed by atoms with van der Waals surface area (Å²) in [5, 5.41) is 186. The third-order valence-electron chi connectivity index (χ3n) is 20.3. The van der Waals surface area contributed by atoms with Crippen molar-refractivity contribution in [3.05, 3.63) is 244 Å². The Balaban J connectivity index is 0.990. The van der Waals surface area contributed by atoms with Gasteiger partial charge in [0.25, 0.3) is 0 Å². The molecule has 0 fully saturated rings. The summed E-state index contributed by atoms with van der Waals surface area (Å²) < 4.78 is 0. The van der Waals surface area contributed by atoms with Gasteiger partial charge in [-0.15, -0.1) is 0 Å². The summed E-state index contributed by atoms with van der Waals surface area (Å²) in [6.45, 7) is 6.69. The van der Waals surface area contributed by atoms with E-state index in [-0.39, 0.29) is 45.7 Å². The highest BCUT2D eigenvalue weighted by molar-refractivity contribution is 6.02. The van der Waals surface area contributed by atoms with E-state index >= 15 is 24.0 Å². The van der Waals surface area contributed by atoms with E-state index in [1.807, 2.05) is 0 Å². The number of phenolic OH excluding ortho intramolecular Hbond substituents is 13. The van der Waals surface area contributed by atoms with Gasteiger partial charge in [-0.05, 0) is 166 Å². The first-order chi connectivity index (χ1) is 62.3. The fourth-order valence-corrected chi connectivity index (χ4v) is 13.7. The Morgan fingerprint density at radius 1 is 0.250 bits per heavy atom. The molecule has 0 aromatic heterocycles. The van der Waals surface area contributed by atoms with Gasteiger partial charge < -0.3 is 146 Å². The first-order valence-electron chi connectivity index (χ1n) is 40.2. The topological polar surface area (TPSA) is 713 Å². The zero-order valence-electron chi connectivity index (χ0n) is 70.6. The molecule has 9 aromatic carbocycles. The van der Waals surface area contributed by atoms with Gasteiger partial charge in [0.05, 0.1) is 6.42 Å². The van der Waals surface area contributed by atoms with E-state index in [9.17, 15) is 120 Å². The number of phenols is 13. The van der Waals surface area contributed by atoms with Crippen LogP contribution in [0, 0.1) is 11.8 Å². The second kappa shape index (κ2) is 43.9. The number of benzene rings is 9. The first kappa shape index (κ1) is 98.7. The smallest absolute Gasteiger partial charge is 0.326 e. The van der Waals surface area contributed by atoms with Crippen molar-refractivity contribution in [3.8, 4) is 74.7 Å². The number of nitrogens with one attached hydrogen (secondary N) is 12. The number of carbonyl (C=O) groups excluding carboxylic acids is 12. The van der Waals surface area contributed by atoms with Crippen LogP contribution < -0.4 is 69.5 Å². The molecule has 42 heteroatoms. The van der Waals surface area contributed by atoms with Crippen LogP contribution >= 0.6 is 0 Å². The van der Waals surface area contributed by atoms with Crippen LogP contribution in [-0.4, -0.2) is 190 Å². The number of nitrogens with two attached hydrogens (primary N) is 1. The van der Waals surface area contributed by atoms with Gasteiger partial charge >= 0.3 is 11.9 Å². The fraction of sp³-hybridized carbons (Fsp3) is 0.244. The number of aromatic hydroxyl groups is 13. The lowest BCUT2D eigenvalue weighted by molar-refractivity contribution is -0.147. The molecule has 42 nitrogen and oxygen atoms in total. The minimum atomic E-state index is -2.22. The molecule has 0 aliphatic carbocycles. The minimum absolute atomic E-state index is 0.135. The summed E-state index contributed by atoms with van der Waals surface area (Å²) in [7, 11) is 0. The number of amides is 12. The standard InChI is InChI=1S/C90H95N13O29/c1-40(2)69(95-86(127)75(49-28-59(111)36-60(112)29-49)98-80(121)68(91)44-11-17-52(104)18-12-44)81(122)101-73(47-24-55(107)34-56(108)25-47)83(124)92-42(5)78(119)97-74(48-26-57(109)35-58(110)27-48)88(129)100-72(46-15-21-54(106)22-16-46)85(126)103-76(50-30-61(113)37-62(114)31-50)87(128)96-70(41(3)4)82(123)102-77(51-32-63(115)38-64(116)33-51)89(130)99-71(45-13-19-53(105)20-14-45)84(125)93-65(23-43-9-7-6-8-10-43)79(120)94-66(90(131)132)39-67(117)118/h6-22,24-38,40-42,65-66,68-77,104-116H,23,39,91H2,1-5H3,(H,92,124)(H,93,125)(H,94,120)(H,95,127)(H,96,128)(H,97,119)(H,98,121)(H,99,130)(H,100,129)(H,101,122)(H,102,123)(H,103,126)(H,117,118)(H,131,132)/t42-,65-,66-,68+,69-,70-,71-,72-,73+,74+,75+,76+,77+/m0/s1. The number of rotatable bonds is 39. The van der Waals surface area contributed by atoms with Crippen LogP contribution in [0.5, 0.6) is 74.7 Å². The van der Waals surface area contributed by atoms with Crippen molar-refractivity contribution >= 4 is 82.8 Å². The lowest BCUT2D eigenvalue weighted by Gasteiger charge is -2.30. The molecule has 132 heavy (non-hydrogen) atoms. The van der Waals surface area contributed by atoms with E-state index in [2.05, 4.69) is 63.8 Å². The molecule has 29 N–H and O–H groups in total. The molecule has 0 saturated heterocycles. The minimum Gasteiger partial charge on any atom is -0.508 e. The summed E-state index contributed by atoms with van der Waals surface area (Å²) in [4.78, 5) is 202. The monoisotopic (exact) mass is 1820 g/mol. The third kappa shape index (κ3) is 27.0.